The van der Waals surface area contributed by atoms with E-state index in [1.165, 1.54) is 6.07 Å². The molecule has 0 radical (unpaired) electrons. The largest absolute Gasteiger partial charge is 0.457 e. The van der Waals surface area contributed by atoms with E-state index in [4.69, 9.17) is 4.42 Å². The SMILES string of the molecule is CC=Cc1ccc(-c2cccc(C(F)(F)F)c2)o1. The Morgan fingerprint density at radius 3 is 2.56 bits per heavy atom. The summed E-state index contributed by atoms with van der Waals surface area (Å²) >= 11 is 0. The minimum atomic E-state index is -4.34. The molecule has 0 saturated heterocycles. The van der Waals surface area contributed by atoms with E-state index in [0.29, 0.717) is 17.1 Å². The molecule has 0 spiro atoms. The highest BCUT2D eigenvalue weighted by Gasteiger charge is 2.30. The Morgan fingerprint density at radius 1 is 1.11 bits per heavy atom. The minimum absolute atomic E-state index is 0.417. The van der Waals surface area contributed by atoms with E-state index in [2.05, 4.69) is 0 Å². The van der Waals surface area contributed by atoms with E-state index >= 15 is 0 Å². The first-order chi connectivity index (χ1) is 8.50. The van der Waals surface area contributed by atoms with Crippen LogP contribution in [0.1, 0.15) is 18.2 Å². The second-order valence-corrected chi connectivity index (χ2v) is 3.78. The highest BCUT2D eigenvalue weighted by Crippen LogP contribution is 2.32. The molecule has 1 aromatic carbocycles. The van der Waals surface area contributed by atoms with Crippen molar-refractivity contribution < 1.29 is 17.6 Å². The molecule has 1 nitrogen and oxygen atoms in total. The van der Waals surface area contributed by atoms with Crippen LogP contribution in [0.4, 0.5) is 13.2 Å². The molecule has 94 valence electrons. The van der Waals surface area contributed by atoms with E-state index in [9.17, 15) is 13.2 Å². The Balaban J connectivity index is 2.38. The normalized spacial score (nSPS) is 12.2. The molecule has 2 aromatic rings. The molecular weight excluding hydrogens is 241 g/mol. The summed E-state index contributed by atoms with van der Waals surface area (Å²) in [5.41, 5.74) is -0.260. The summed E-state index contributed by atoms with van der Waals surface area (Å²) in [5.74, 6) is 1.04. The molecule has 0 aliphatic heterocycles. The van der Waals surface area contributed by atoms with Crippen LogP contribution in [0, 0.1) is 0 Å². The van der Waals surface area contributed by atoms with E-state index in [0.717, 1.165) is 12.1 Å². The molecule has 0 unspecified atom stereocenters. The number of benzene rings is 1. The fourth-order valence-corrected chi connectivity index (χ4v) is 1.61. The summed E-state index contributed by atoms with van der Waals surface area (Å²) in [7, 11) is 0. The molecule has 0 amide bonds. The number of furan rings is 1. The van der Waals surface area contributed by atoms with E-state index in [1.807, 2.05) is 6.92 Å². The van der Waals surface area contributed by atoms with Crippen molar-refractivity contribution in [2.45, 2.75) is 13.1 Å². The third-order valence-corrected chi connectivity index (χ3v) is 2.43. The second-order valence-electron chi connectivity index (χ2n) is 3.78. The molecule has 1 heterocycles. The van der Waals surface area contributed by atoms with Gasteiger partial charge in [0.1, 0.15) is 11.5 Å². The van der Waals surface area contributed by atoms with Gasteiger partial charge in [0.2, 0.25) is 0 Å². The third kappa shape index (κ3) is 2.64. The number of allylic oxidation sites excluding steroid dienone is 1. The number of hydrogen-bond acceptors (Lipinski definition) is 1. The summed E-state index contributed by atoms with van der Waals surface area (Å²) in [6, 6.07) is 8.46. The zero-order chi connectivity index (χ0) is 13.2. The molecular formula is C14H11F3O. The van der Waals surface area contributed by atoms with Gasteiger partial charge < -0.3 is 4.42 Å². The monoisotopic (exact) mass is 252 g/mol. The summed E-state index contributed by atoms with van der Waals surface area (Å²) in [6.07, 6.45) is -0.791. The molecule has 0 fully saturated rings. The molecule has 0 saturated carbocycles. The zero-order valence-electron chi connectivity index (χ0n) is 9.66. The van der Waals surface area contributed by atoms with Gasteiger partial charge in [0.25, 0.3) is 0 Å². The topological polar surface area (TPSA) is 13.1 Å². The molecule has 0 aliphatic carbocycles. The smallest absolute Gasteiger partial charge is 0.416 e. The maximum Gasteiger partial charge on any atom is 0.416 e. The van der Waals surface area contributed by atoms with E-state index in [-0.39, 0.29) is 0 Å². The zero-order valence-corrected chi connectivity index (χ0v) is 9.66. The lowest BCUT2D eigenvalue weighted by molar-refractivity contribution is -0.137. The van der Waals surface area contributed by atoms with Gasteiger partial charge in [-0.05, 0) is 37.3 Å². The Morgan fingerprint density at radius 2 is 1.89 bits per heavy atom. The molecule has 18 heavy (non-hydrogen) atoms. The highest BCUT2D eigenvalue weighted by atomic mass is 19.4. The van der Waals surface area contributed by atoms with Gasteiger partial charge in [-0.25, -0.2) is 0 Å². The van der Waals surface area contributed by atoms with Gasteiger partial charge in [-0.3, -0.25) is 0 Å². The van der Waals surface area contributed by atoms with Gasteiger partial charge >= 0.3 is 6.18 Å². The minimum Gasteiger partial charge on any atom is -0.457 e. The average molecular weight is 252 g/mol. The van der Waals surface area contributed by atoms with Gasteiger partial charge in [-0.15, -0.1) is 0 Å². The van der Waals surface area contributed by atoms with E-state index < -0.39 is 11.7 Å². The van der Waals surface area contributed by atoms with Gasteiger partial charge in [-0.1, -0.05) is 18.2 Å². The average Bonchev–Trinajstić information content (AvgIpc) is 2.77. The van der Waals surface area contributed by atoms with Crippen LogP contribution in [0.25, 0.3) is 17.4 Å². The Labute approximate surface area is 103 Å². The van der Waals surface area contributed by atoms with Crippen LogP contribution in [0.5, 0.6) is 0 Å². The lowest BCUT2D eigenvalue weighted by atomic mass is 10.1. The Kier molecular flexibility index (Phi) is 3.28. The van der Waals surface area contributed by atoms with Crippen molar-refractivity contribution in [1.82, 2.24) is 0 Å². The van der Waals surface area contributed by atoms with Crippen molar-refractivity contribution in [3.8, 4) is 11.3 Å². The van der Waals surface area contributed by atoms with Crippen molar-refractivity contribution in [3.05, 3.63) is 53.8 Å². The van der Waals surface area contributed by atoms with Crippen molar-refractivity contribution in [1.29, 1.82) is 0 Å². The fourth-order valence-electron chi connectivity index (χ4n) is 1.61. The number of hydrogen-bond donors (Lipinski definition) is 0. The van der Waals surface area contributed by atoms with Gasteiger partial charge in [0.05, 0.1) is 5.56 Å². The third-order valence-electron chi connectivity index (χ3n) is 2.43. The summed E-state index contributed by atoms with van der Waals surface area (Å²) < 4.78 is 43.1. The van der Waals surface area contributed by atoms with E-state index in [1.54, 1.807) is 30.4 Å². The van der Waals surface area contributed by atoms with Crippen LogP contribution in [0.3, 0.4) is 0 Å². The predicted molar refractivity (Wildman–Crippen MR) is 63.9 cm³/mol. The Hall–Kier alpha value is -1.97. The van der Waals surface area contributed by atoms with Gasteiger partial charge in [0.15, 0.2) is 0 Å². The standard InChI is InChI=1S/C14H11F3O/c1-2-4-12-7-8-13(18-12)10-5-3-6-11(9-10)14(15,16)17/h2-9H,1H3. The molecule has 0 atom stereocenters. The van der Waals surface area contributed by atoms with Crippen LogP contribution < -0.4 is 0 Å². The summed E-state index contributed by atoms with van der Waals surface area (Å²) in [5, 5.41) is 0. The summed E-state index contributed by atoms with van der Waals surface area (Å²) in [4.78, 5) is 0. The van der Waals surface area contributed by atoms with Crippen molar-refractivity contribution in [2.24, 2.45) is 0 Å². The van der Waals surface area contributed by atoms with Crippen LogP contribution in [-0.2, 0) is 6.18 Å². The lowest BCUT2D eigenvalue weighted by Gasteiger charge is -2.07. The lowest BCUT2D eigenvalue weighted by Crippen LogP contribution is -2.04. The van der Waals surface area contributed by atoms with Crippen LogP contribution >= 0.6 is 0 Å². The maximum atomic E-state index is 12.6. The molecule has 0 bridgehead atoms. The van der Waals surface area contributed by atoms with Crippen molar-refractivity contribution >= 4 is 6.08 Å². The molecule has 4 heteroatoms. The molecule has 1 aromatic heterocycles. The first-order valence-corrected chi connectivity index (χ1v) is 5.41. The first kappa shape index (κ1) is 12.5. The van der Waals surface area contributed by atoms with Gasteiger partial charge in [0, 0.05) is 5.56 Å². The highest BCUT2D eigenvalue weighted by molar-refractivity contribution is 5.60. The number of halogens is 3. The second kappa shape index (κ2) is 4.72. The quantitative estimate of drug-likeness (QED) is 0.733. The molecule has 2 rings (SSSR count). The first-order valence-electron chi connectivity index (χ1n) is 5.41. The predicted octanol–water partition coefficient (Wildman–Crippen LogP) is 5.00. The van der Waals surface area contributed by atoms with Gasteiger partial charge in [-0.2, -0.15) is 13.2 Å². The Bertz CT molecular complexity index is 564. The number of alkyl halides is 3. The summed E-state index contributed by atoms with van der Waals surface area (Å²) in [6.45, 7) is 1.84. The van der Waals surface area contributed by atoms with Crippen molar-refractivity contribution in [3.63, 3.8) is 0 Å². The van der Waals surface area contributed by atoms with Crippen molar-refractivity contribution in [2.75, 3.05) is 0 Å². The molecule has 0 N–H and O–H groups in total. The molecule has 0 aliphatic rings. The van der Waals surface area contributed by atoms with Crippen LogP contribution in [-0.4, -0.2) is 0 Å². The van der Waals surface area contributed by atoms with Crippen LogP contribution in [0.2, 0.25) is 0 Å². The van der Waals surface area contributed by atoms with Crippen LogP contribution in [0.15, 0.2) is 46.9 Å². The number of rotatable bonds is 2. The fraction of sp³-hybridized carbons (Fsp3) is 0.143. The maximum absolute atomic E-state index is 12.6.